The van der Waals surface area contributed by atoms with E-state index in [0.717, 1.165) is 12.8 Å². The molecule has 1 aromatic heterocycles. The number of hydrogen-bond acceptors (Lipinski definition) is 3. The Morgan fingerprint density at radius 1 is 1.45 bits per heavy atom. The van der Waals surface area contributed by atoms with Crippen molar-refractivity contribution in [2.45, 2.75) is 33.6 Å². The van der Waals surface area contributed by atoms with Gasteiger partial charge in [-0.1, -0.05) is 13.8 Å². The predicted molar refractivity (Wildman–Crippen MR) is 77.3 cm³/mol. The quantitative estimate of drug-likeness (QED) is 0.925. The van der Waals surface area contributed by atoms with Crippen LogP contribution in [-0.2, 0) is 0 Å². The number of nitrogens with one attached hydrogen (secondary N) is 1. The summed E-state index contributed by atoms with van der Waals surface area (Å²) in [6.07, 6.45) is 3.37. The molecule has 1 aliphatic heterocycles. The highest BCUT2D eigenvalue weighted by Gasteiger charge is 2.29. The Hall–Kier alpha value is -1.65. The van der Waals surface area contributed by atoms with Crippen molar-refractivity contribution in [2.24, 2.45) is 5.41 Å². The van der Waals surface area contributed by atoms with Gasteiger partial charge in [-0.05, 0) is 31.2 Å². The summed E-state index contributed by atoms with van der Waals surface area (Å²) < 4.78 is 14.2. The van der Waals surface area contributed by atoms with Crippen molar-refractivity contribution in [1.82, 2.24) is 9.88 Å². The summed E-state index contributed by atoms with van der Waals surface area (Å²) in [5, 5.41) is 2.83. The average molecular weight is 279 g/mol. The molecule has 2 rings (SSSR count). The fraction of sp³-hybridized carbons (Fsp3) is 0.600. The van der Waals surface area contributed by atoms with Crippen molar-refractivity contribution in [3.05, 3.63) is 23.6 Å². The molecule has 0 spiro atoms. The molecular weight excluding hydrogens is 257 g/mol. The number of hydrogen-bond donors (Lipinski definition) is 1. The van der Waals surface area contributed by atoms with Gasteiger partial charge in [0, 0.05) is 25.8 Å². The number of anilines is 1. The monoisotopic (exact) mass is 279 g/mol. The molecule has 1 N–H and O–H groups in total. The van der Waals surface area contributed by atoms with Crippen molar-refractivity contribution in [3.8, 4) is 0 Å². The van der Waals surface area contributed by atoms with Crippen LogP contribution in [0.15, 0.2) is 12.3 Å². The van der Waals surface area contributed by atoms with E-state index >= 15 is 0 Å². The minimum atomic E-state index is -0.552. The molecule has 4 nitrogen and oxygen atoms in total. The molecule has 1 aliphatic rings. The lowest BCUT2D eigenvalue weighted by Crippen LogP contribution is -2.41. The van der Waals surface area contributed by atoms with E-state index in [-0.39, 0.29) is 22.7 Å². The first-order valence-corrected chi connectivity index (χ1v) is 7.12. The first kappa shape index (κ1) is 14.8. The van der Waals surface area contributed by atoms with Crippen molar-refractivity contribution in [2.75, 3.05) is 25.0 Å². The lowest BCUT2D eigenvalue weighted by Gasteiger charge is -2.37. The molecule has 5 heteroatoms. The largest absolute Gasteiger partial charge is 0.368 e. The second kappa shape index (κ2) is 5.77. The van der Waals surface area contributed by atoms with Gasteiger partial charge in [-0.2, -0.15) is 0 Å². The summed E-state index contributed by atoms with van der Waals surface area (Å²) in [4.78, 5) is 18.1. The van der Waals surface area contributed by atoms with Crippen molar-refractivity contribution >= 4 is 11.7 Å². The third-order valence-corrected chi connectivity index (χ3v) is 3.87. The Morgan fingerprint density at radius 3 is 2.70 bits per heavy atom. The third-order valence-electron chi connectivity index (χ3n) is 3.87. The Labute approximate surface area is 119 Å². The number of aromatic nitrogens is 1. The molecule has 0 radical (unpaired) electrons. The summed E-state index contributed by atoms with van der Waals surface area (Å²) in [7, 11) is 0. The van der Waals surface area contributed by atoms with Crippen LogP contribution in [-0.4, -0.2) is 35.4 Å². The number of likely N-dealkylation sites (tertiary alicyclic amines) is 1. The molecule has 1 fully saturated rings. The number of rotatable bonds is 3. The summed E-state index contributed by atoms with van der Waals surface area (Å²) in [5.41, 5.74) is 0.373. The maximum atomic E-state index is 14.2. The second-order valence-corrected chi connectivity index (χ2v) is 6.01. The van der Waals surface area contributed by atoms with Crippen LogP contribution in [0, 0.1) is 11.2 Å². The molecular formula is C15H22FN3O. The Kier molecular flexibility index (Phi) is 4.26. The number of carbonyl (C=O) groups excluding carboxylic acids is 1. The van der Waals surface area contributed by atoms with Crippen molar-refractivity contribution < 1.29 is 9.18 Å². The predicted octanol–water partition coefficient (Wildman–Crippen LogP) is 2.91. The normalized spacial score (nSPS) is 17.9. The van der Waals surface area contributed by atoms with Gasteiger partial charge in [0.2, 0.25) is 0 Å². The maximum absolute atomic E-state index is 14.2. The number of nitrogens with zero attached hydrogens (tertiary/aromatic N) is 2. The molecule has 20 heavy (non-hydrogen) atoms. The average Bonchev–Trinajstić information content (AvgIpc) is 2.41. The minimum absolute atomic E-state index is 0.107. The second-order valence-electron chi connectivity index (χ2n) is 6.01. The molecule has 0 bridgehead atoms. The van der Waals surface area contributed by atoms with Crippen LogP contribution >= 0.6 is 0 Å². The molecule has 1 saturated heterocycles. The fourth-order valence-corrected chi connectivity index (χ4v) is 2.39. The highest BCUT2D eigenvalue weighted by atomic mass is 19.1. The lowest BCUT2D eigenvalue weighted by molar-refractivity contribution is 0.0625. The molecule has 0 aromatic carbocycles. The van der Waals surface area contributed by atoms with E-state index in [0.29, 0.717) is 19.6 Å². The van der Waals surface area contributed by atoms with E-state index in [9.17, 15) is 9.18 Å². The molecule has 0 saturated carbocycles. The summed E-state index contributed by atoms with van der Waals surface area (Å²) >= 11 is 0. The zero-order valence-electron chi connectivity index (χ0n) is 12.4. The molecule has 1 aromatic rings. The van der Waals surface area contributed by atoms with Crippen LogP contribution in [0.25, 0.3) is 0 Å². The first-order valence-electron chi connectivity index (χ1n) is 7.12. The fourth-order valence-electron chi connectivity index (χ4n) is 2.39. The van der Waals surface area contributed by atoms with Crippen LogP contribution in [0.2, 0.25) is 0 Å². The maximum Gasteiger partial charge on any atom is 0.257 e. The smallest absolute Gasteiger partial charge is 0.257 e. The molecule has 110 valence electrons. The zero-order chi connectivity index (χ0) is 14.8. The standard InChI is InChI=1S/C15H22FN3O/c1-4-17-13-12(16)11(5-8-18-13)14(20)19-9-6-15(2,3)7-10-19/h5,8H,4,6-7,9-10H2,1-3H3,(H,17,18). The van der Waals surface area contributed by atoms with Gasteiger partial charge in [0.15, 0.2) is 11.6 Å². The summed E-state index contributed by atoms with van der Waals surface area (Å²) in [6, 6.07) is 1.46. The van der Waals surface area contributed by atoms with Crippen LogP contribution < -0.4 is 5.32 Å². The van der Waals surface area contributed by atoms with Gasteiger partial charge >= 0.3 is 0 Å². The van der Waals surface area contributed by atoms with Gasteiger partial charge in [-0.25, -0.2) is 9.37 Å². The number of halogens is 1. The van der Waals surface area contributed by atoms with E-state index in [2.05, 4.69) is 24.1 Å². The van der Waals surface area contributed by atoms with E-state index in [1.807, 2.05) is 6.92 Å². The highest BCUT2D eigenvalue weighted by molar-refractivity contribution is 5.95. The summed E-state index contributed by atoms with van der Waals surface area (Å²) in [6.45, 7) is 8.20. The van der Waals surface area contributed by atoms with Crippen LogP contribution in [0.5, 0.6) is 0 Å². The lowest BCUT2D eigenvalue weighted by atomic mass is 9.82. The van der Waals surface area contributed by atoms with Crippen molar-refractivity contribution in [3.63, 3.8) is 0 Å². The van der Waals surface area contributed by atoms with E-state index in [1.165, 1.54) is 12.3 Å². The Morgan fingerprint density at radius 2 is 2.10 bits per heavy atom. The first-order chi connectivity index (χ1) is 9.44. The topological polar surface area (TPSA) is 45.2 Å². The molecule has 0 atom stereocenters. The Balaban J connectivity index is 2.16. The molecule has 1 amide bonds. The van der Waals surface area contributed by atoms with Crippen LogP contribution in [0.4, 0.5) is 10.2 Å². The number of amides is 1. The van der Waals surface area contributed by atoms with Crippen molar-refractivity contribution in [1.29, 1.82) is 0 Å². The minimum Gasteiger partial charge on any atom is -0.368 e. The van der Waals surface area contributed by atoms with Crippen LogP contribution in [0.1, 0.15) is 44.0 Å². The van der Waals surface area contributed by atoms with Gasteiger partial charge in [0.1, 0.15) is 0 Å². The number of carbonyl (C=O) groups is 1. The molecule has 0 aliphatic carbocycles. The highest BCUT2D eigenvalue weighted by Crippen LogP contribution is 2.30. The van der Waals surface area contributed by atoms with E-state index in [1.54, 1.807) is 4.90 Å². The van der Waals surface area contributed by atoms with E-state index in [4.69, 9.17) is 0 Å². The van der Waals surface area contributed by atoms with Gasteiger partial charge in [-0.15, -0.1) is 0 Å². The van der Waals surface area contributed by atoms with E-state index < -0.39 is 5.82 Å². The third kappa shape index (κ3) is 3.08. The molecule has 2 heterocycles. The summed E-state index contributed by atoms with van der Waals surface area (Å²) in [5.74, 6) is -0.639. The number of piperidine rings is 1. The van der Waals surface area contributed by atoms with Gasteiger partial charge in [-0.3, -0.25) is 4.79 Å². The van der Waals surface area contributed by atoms with Gasteiger partial charge in [0.25, 0.3) is 5.91 Å². The van der Waals surface area contributed by atoms with Gasteiger partial charge in [0.05, 0.1) is 5.56 Å². The van der Waals surface area contributed by atoms with Crippen LogP contribution in [0.3, 0.4) is 0 Å². The molecule has 0 unspecified atom stereocenters. The SMILES string of the molecule is CCNc1nccc(C(=O)N2CCC(C)(C)CC2)c1F. The van der Waals surface area contributed by atoms with Gasteiger partial charge < -0.3 is 10.2 Å². The number of pyridine rings is 1. The Bertz CT molecular complexity index is 492. The zero-order valence-corrected chi connectivity index (χ0v) is 12.4.